The molecule has 1 unspecified atom stereocenters. The zero-order valence-electron chi connectivity index (χ0n) is 12.7. The number of hydrogen-bond acceptors (Lipinski definition) is 4. The molecule has 2 rings (SSSR count). The van der Waals surface area contributed by atoms with Crippen molar-refractivity contribution in [1.29, 1.82) is 0 Å². The molecule has 0 amide bonds. The second kappa shape index (κ2) is 6.87. The summed E-state index contributed by atoms with van der Waals surface area (Å²) in [5.41, 5.74) is 1.37. The molecule has 0 saturated heterocycles. The third kappa shape index (κ3) is 3.92. The van der Waals surface area contributed by atoms with Crippen LogP contribution in [0.4, 0.5) is 4.39 Å². The Morgan fingerprint density at radius 2 is 2.05 bits per heavy atom. The van der Waals surface area contributed by atoms with Crippen molar-refractivity contribution in [2.45, 2.75) is 17.9 Å². The van der Waals surface area contributed by atoms with E-state index in [2.05, 4.69) is 4.72 Å². The van der Waals surface area contributed by atoms with E-state index in [0.717, 1.165) is 5.56 Å². The van der Waals surface area contributed by atoms with E-state index in [9.17, 15) is 12.8 Å². The number of thiophene rings is 1. The summed E-state index contributed by atoms with van der Waals surface area (Å²) in [6.45, 7) is 1.80. The lowest BCUT2D eigenvalue weighted by atomic mass is 10.1. The molecule has 0 saturated carbocycles. The van der Waals surface area contributed by atoms with E-state index in [1.807, 2.05) is 35.8 Å². The average molecular weight is 342 g/mol. The first kappa shape index (κ1) is 17.1. The van der Waals surface area contributed by atoms with Crippen LogP contribution in [-0.2, 0) is 10.0 Å². The number of benzene rings is 1. The molecule has 0 aliphatic heterocycles. The lowest BCUT2D eigenvalue weighted by Crippen LogP contribution is -2.34. The predicted molar refractivity (Wildman–Crippen MR) is 87.1 cm³/mol. The second-order valence-corrected chi connectivity index (χ2v) is 7.85. The highest BCUT2D eigenvalue weighted by molar-refractivity contribution is 7.89. The molecule has 120 valence electrons. The predicted octanol–water partition coefficient (Wildman–Crippen LogP) is 2.78. The molecule has 0 radical (unpaired) electrons. The molecule has 1 heterocycles. The number of nitrogens with one attached hydrogen (secondary N) is 1. The molecule has 0 fully saturated rings. The Labute approximate surface area is 134 Å². The van der Waals surface area contributed by atoms with Crippen LogP contribution in [0.2, 0.25) is 0 Å². The van der Waals surface area contributed by atoms with Crippen molar-refractivity contribution in [3.63, 3.8) is 0 Å². The van der Waals surface area contributed by atoms with Gasteiger partial charge in [-0.3, -0.25) is 0 Å². The first-order valence-electron chi connectivity index (χ1n) is 6.75. The molecule has 1 atom stereocenters. The average Bonchev–Trinajstić information content (AvgIpc) is 2.95. The minimum Gasteiger partial charge on any atom is -0.301 e. The Hall–Kier alpha value is -1.28. The standard InChI is InChI=1S/C15H19FN2O2S2/c1-11-8-13(4-5-14(11)16)22(19,20)17-9-15(18(2)3)12-6-7-21-10-12/h4-8,10,15,17H,9H2,1-3H3. The minimum atomic E-state index is -3.66. The summed E-state index contributed by atoms with van der Waals surface area (Å²) in [7, 11) is 0.144. The molecular formula is C15H19FN2O2S2. The highest BCUT2D eigenvalue weighted by Crippen LogP contribution is 2.21. The van der Waals surface area contributed by atoms with E-state index in [1.165, 1.54) is 18.2 Å². The Bertz CT molecular complexity index is 728. The van der Waals surface area contributed by atoms with Gasteiger partial charge in [-0.15, -0.1) is 0 Å². The van der Waals surface area contributed by atoms with Crippen LogP contribution in [0.1, 0.15) is 17.2 Å². The van der Waals surface area contributed by atoms with Gasteiger partial charge in [-0.05, 0) is 67.2 Å². The molecule has 0 aliphatic carbocycles. The van der Waals surface area contributed by atoms with Crippen molar-refractivity contribution < 1.29 is 12.8 Å². The molecule has 0 aliphatic rings. The minimum absolute atomic E-state index is 0.0532. The zero-order chi connectivity index (χ0) is 16.3. The summed E-state index contributed by atoms with van der Waals surface area (Å²) in [6.07, 6.45) is 0. The van der Waals surface area contributed by atoms with Crippen molar-refractivity contribution in [3.05, 3.63) is 52.0 Å². The third-order valence-corrected chi connectivity index (χ3v) is 5.58. The fourth-order valence-corrected chi connectivity index (χ4v) is 3.95. The van der Waals surface area contributed by atoms with Gasteiger partial charge in [-0.1, -0.05) is 0 Å². The van der Waals surface area contributed by atoms with Gasteiger partial charge in [0, 0.05) is 12.6 Å². The second-order valence-electron chi connectivity index (χ2n) is 5.30. The maximum Gasteiger partial charge on any atom is 0.240 e. The SMILES string of the molecule is Cc1cc(S(=O)(=O)NCC(c2ccsc2)N(C)C)ccc1F. The zero-order valence-corrected chi connectivity index (χ0v) is 14.3. The fraction of sp³-hybridized carbons (Fsp3) is 0.333. The fourth-order valence-electron chi connectivity index (χ4n) is 2.12. The van der Waals surface area contributed by atoms with E-state index in [-0.39, 0.29) is 17.5 Å². The molecule has 1 N–H and O–H groups in total. The summed E-state index contributed by atoms with van der Waals surface area (Å²) in [5.74, 6) is -0.414. The maximum atomic E-state index is 13.3. The van der Waals surface area contributed by atoms with Gasteiger partial charge in [0.1, 0.15) is 5.82 Å². The first-order valence-corrected chi connectivity index (χ1v) is 9.18. The maximum absolute atomic E-state index is 13.3. The summed E-state index contributed by atoms with van der Waals surface area (Å²) < 4.78 is 40.6. The van der Waals surface area contributed by atoms with Gasteiger partial charge >= 0.3 is 0 Å². The smallest absolute Gasteiger partial charge is 0.240 e. The van der Waals surface area contributed by atoms with Gasteiger partial charge in [0.2, 0.25) is 10.0 Å². The Kier molecular flexibility index (Phi) is 5.33. The lowest BCUT2D eigenvalue weighted by molar-refractivity contribution is 0.300. The quantitative estimate of drug-likeness (QED) is 0.878. The van der Waals surface area contributed by atoms with E-state index >= 15 is 0 Å². The number of sulfonamides is 1. The van der Waals surface area contributed by atoms with Crippen molar-refractivity contribution >= 4 is 21.4 Å². The van der Waals surface area contributed by atoms with Gasteiger partial charge in [-0.2, -0.15) is 11.3 Å². The van der Waals surface area contributed by atoms with E-state index < -0.39 is 15.8 Å². The lowest BCUT2D eigenvalue weighted by Gasteiger charge is -2.24. The van der Waals surface area contributed by atoms with Crippen LogP contribution in [0, 0.1) is 12.7 Å². The molecule has 2 aromatic rings. The Balaban J connectivity index is 2.16. The molecule has 0 bridgehead atoms. The van der Waals surface area contributed by atoms with Crippen LogP contribution < -0.4 is 4.72 Å². The number of rotatable bonds is 6. The van der Waals surface area contributed by atoms with Gasteiger partial charge < -0.3 is 4.90 Å². The number of halogens is 1. The van der Waals surface area contributed by atoms with Crippen molar-refractivity contribution in [3.8, 4) is 0 Å². The Morgan fingerprint density at radius 1 is 1.32 bits per heavy atom. The van der Waals surface area contributed by atoms with Crippen molar-refractivity contribution in [1.82, 2.24) is 9.62 Å². The first-order chi connectivity index (χ1) is 10.3. The topological polar surface area (TPSA) is 49.4 Å². The molecule has 1 aromatic heterocycles. The summed E-state index contributed by atoms with van der Waals surface area (Å²) in [5, 5.41) is 3.96. The van der Waals surface area contributed by atoms with E-state index in [1.54, 1.807) is 18.3 Å². The van der Waals surface area contributed by atoms with Crippen LogP contribution in [0.15, 0.2) is 39.9 Å². The normalized spacial score (nSPS) is 13.5. The number of hydrogen-bond donors (Lipinski definition) is 1. The van der Waals surface area contributed by atoms with Crippen LogP contribution in [0.5, 0.6) is 0 Å². The van der Waals surface area contributed by atoms with Crippen LogP contribution in [0.3, 0.4) is 0 Å². The number of nitrogens with zero attached hydrogens (tertiary/aromatic N) is 1. The number of aryl methyl sites for hydroxylation is 1. The summed E-state index contributed by atoms with van der Waals surface area (Å²) >= 11 is 1.57. The van der Waals surface area contributed by atoms with Crippen LogP contribution in [0.25, 0.3) is 0 Å². The van der Waals surface area contributed by atoms with Gasteiger partial charge in [0.25, 0.3) is 0 Å². The summed E-state index contributed by atoms with van der Waals surface area (Å²) in [4.78, 5) is 2.04. The van der Waals surface area contributed by atoms with Gasteiger partial charge in [0.05, 0.1) is 4.90 Å². The molecular weight excluding hydrogens is 323 g/mol. The van der Waals surface area contributed by atoms with Gasteiger partial charge in [-0.25, -0.2) is 17.5 Å². The van der Waals surface area contributed by atoms with Crippen molar-refractivity contribution in [2.75, 3.05) is 20.6 Å². The highest BCUT2D eigenvalue weighted by atomic mass is 32.2. The molecule has 4 nitrogen and oxygen atoms in total. The molecule has 7 heteroatoms. The molecule has 0 spiro atoms. The molecule has 22 heavy (non-hydrogen) atoms. The third-order valence-electron chi connectivity index (χ3n) is 3.46. The van der Waals surface area contributed by atoms with Gasteiger partial charge in [0.15, 0.2) is 0 Å². The summed E-state index contributed by atoms with van der Waals surface area (Å²) in [6, 6.07) is 5.72. The number of likely N-dealkylation sites (N-methyl/N-ethyl adjacent to an activating group) is 1. The Morgan fingerprint density at radius 3 is 2.59 bits per heavy atom. The van der Waals surface area contributed by atoms with E-state index in [4.69, 9.17) is 0 Å². The van der Waals surface area contributed by atoms with E-state index in [0.29, 0.717) is 5.56 Å². The highest BCUT2D eigenvalue weighted by Gasteiger charge is 2.20. The van der Waals surface area contributed by atoms with Crippen LogP contribution in [-0.4, -0.2) is 34.0 Å². The largest absolute Gasteiger partial charge is 0.301 e. The van der Waals surface area contributed by atoms with Crippen LogP contribution >= 0.6 is 11.3 Å². The van der Waals surface area contributed by atoms with Crippen molar-refractivity contribution in [2.24, 2.45) is 0 Å². The molecule has 1 aromatic carbocycles. The monoisotopic (exact) mass is 342 g/mol.